The van der Waals surface area contributed by atoms with Crippen molar-refractivity contribution >= 4 is 18.8 Å². The molecule has 11 heavy (non-hydrogen) atoms. The van der Waals surface area contributed by atoms with Gasteiger partial charge in [0.05, 0.1) is 0 Å². The van der Waals surface area contributed by atoms with E-state index in [0.717, 1.165) is 6.54 Å². The zero-order chi connectivity index (χ0) is 7.72. The van der Waals surface area contributed by atoms with Crippen molar-refractivity contribution < 1.29 is 68.1 Å². The molecule has 58 valence electrons. The predicted octanol–water partition coefficient (Wildman–Crippen LogP) is -2.56. The molecule has 1 aliphatic heterocycles. The van der Waals surface area contributed by atoms with E-state index in [1.807, 2.05) is 6.92 Å². The van der Waals surface area contributed by atoms with Crippen molar-refractivity contribution in [3.8, 4) is 0 Å². The second kappa shape index (κ2) is 5.34. The van der Waals surface area contributed by atoms with Crippen LogP contribution in [0.1, 0.15) is 6.92 Å². The standard InChI is InChI=1S/C6H10NO2S.Rb/c1-4-2-5(6(8)9)7(10)3-4;/h2,4-5,10H,3H2,1H3,(H,8,9);/q-1;+1/t4-,5-;/m0./s1. The Morgan fingerprint density at radius 1 is 1.82 bits per heavy atom. The third-order valence-electron chi connectivity index (χ3n) is 1.56. The molecular weight excluding hydrogens is 236 g/mol. The predicted molar refractivity (Wildman–Crippen MR) is 40.6 cm³/mol. The number of thiol groups is 1. The first-order chi connectivity index (χ1) is 4.61. The van der Waals surface area contributed by atoms with Crippen molar-refractivity contribution in [2.75, 3.05) is 6.54 Å². The molecule has 0 radical (unpaired) electrons. The van der Waals surface area contributed by atoms with Gasteiger partial charge in [-0.25, -0.2) is 0 Å². The first-order valence-electron chi connectivity index (χ1n) is 3.14. The Balaban J connectivity index is 0.000001000. The fourth-order valence-corrected chi connectivity index (χ4v) is 1.52. The smallest absolute Gasteiger partial charge is 0.482 e. The van der Waals surface area contributed by atoms with Gasteiger partial charge in [0.15, 0.2) is 0 Å². The van der Waals surface area contributed by atoms with Gasteiger partial charge in [-0.3, -0.25) is 15.5 Å². The molecule has 1 N–H and O–H groups in total. The van der Waals surface area contributed by atoms with Crippen LogP contribution in [0.4, 0.5) is 0 Å². The minimum atomic E-state index is -0.820. The maximum Gasteiger partial charge on any atom is 1.00 e. The maximum absolute atomic E-state index is 10.4. The second-order valence-corrected chi connectivity index (χ2v) is 3.09. The van der Waals surface area contributed by atoms with E-state index in [4.69, 9.17) is 5.11 Å². The molecule has 1 saturated heterocycles. The average molecular weight is 246 g/mol. The largest absolute Gasteiger partial charge is 1.00 e. The van der Waals surface area contributed by atoms with Crippen LogP contribution >= 0.6 is 12.8 Å². The monoisotopic (exact) mass is 245 g/mol. The van der Waals surface area contributed by atoms with Crippen molar-refractivity contribution in [2.45, 2.75) is 13.0 Å². The quantitative estimate of drug-likeness (QED) is 0.395. The molecule has 0 bridgehead atoms. The summed E-state index contributed by atoms with van der Waals surface area (Å²) in [6.45, 7) is 2.70. The Morgan fingerprint density at radius 3 is 2.55 bits per heavy atom. The van der Waals surface area contributed by atoms with E-state index >= 15 is 0 Å². The number of aliphatic carboxylic acids is 1. The Labute approximate surface area is 121 Å². The van der Waals surface area contributed by atoms with Crippen LogP contribution in [0.2, 0.25) is 0 Å². The van der Waals surface area contributed by atoms with Crippen molar-refractivity contribution in [2.24, 2.45) is 5.92 Å². The molecule has 5 heteroatoms. The first-order valence-corrected chi connectivity index (χ1v) is 3.54. The molecule has 2 atom stereocenters. The zero-order valence-corrected chi connectivity index (χ0v) is 12.5. The van der Waals surface area contributed by atoms with Gasteiger partial charge in [-0.15, -0.1) is 0 Å². The van der Waals surface area contributed by atoms with Crippen LogP contribution in [-0.4, -0.2) is 28.0 Å². The SMILES string of the molecule is C[C@H]1[CH-][C@@H](C(=O)O)N(S)C1.[Rb+]. The van der Waals surface area contributed by atoms with Crippen LogP contribution in [0.3, 0.4) is 0 Å². The number of carboxylic acid groups (broad SMARTS) is 1. The van der Waals surface area contributed by atoms with Crippen molar-refractivity contribution in [1.29, 1.82) is 0 Å². The van der Waals surface area contributed by atoms with Crippen LogP contribution in [0.15, 0.2) is 0 Å². The van der Waals surface area contributed by atoms with Gasteiger partial charge in [-0.2, -0.15) is 5.92 Å². The van der Waals surface area contributed by atoms with Crippen LogP contribution in [0.25, 0.3) is 0 Å². The molecule has 1 rings (SSSR count). The summed E-state index contributed by atoms with van der Waals surface area (Å²) in [7, 11) is 0. The Morgan fingerprint density at radius 2 is 2.36 bits per heavy atom. The fraction of sp³-hybridized carbons (Fsp3) is 0.667. The summed E-state index contributed by atoms with van der Waals surface area (Å²) in [6.07, 6.45) is 1.79. The van der Waals surface area contributed by atoms with E-state index in [2.05, 4.69) is 12.8 Å². The van der Waals surface area contributed by atoms with Crippen LogP contribution < -0.4 is 58.2 Å². The van der Waals surface area contributed by atoms with Gasteiger partial charge in [0.2, 0.25) is 0 Å². The number of hydrogen-bond donors (Lipinski definition) is 2. The minimum absolute atomic E-state index is 0. The summed E-state index contributed by atoms with van der Waals surface area (Å²) >= 11 is 4.01. The zero-order valence-electron chi connectivity index (χ0n) is 6.69. The topological polar surface area (TPSA) is 40.5 Å². The molecular formula is C6H10NO2RbS. The molecule has 0 amide bonds. The van der Waals surface area contributed by atoms with E-state index in [1.165, 1.54) is 4.31 Å². The molecule has 0 aromatic rings. The molecule has 1 aliphatic rings. The van der Waals surface area contributed by atoms with Crippen LogP contribution in [0, 0.1) is 12.3 Å². The van der Waals surface area contributed by atoms with Gasteiger partial charge in [0, 0.05) is 0 Å². The average Bonchev–Trinajstić information content (AvgIpc) is 2.10. The Bertz CT molecular complexity index is 156. The van der Waals surface area contributed by atoms with Gasteiger partial charge in [-0.1, -0.05) is 19.7 Å². The normalized spacial score (nSPS) is 31.5. The molecule has 0 saturated carbocycles. The van der Waals surface area contributed by atoms with Crippen LogP contribution in [0.5, 0.6) is 0 Å². The number of hydrogen-bond acceptors (Lipinski definition) is 3. The number of rotatable bonds is 1. The fourth-order valence-electron chi connectivity index (χ4n) is 1.09. The van der Waals surface area contributed by atoms with Gasteiger partial charge in [0.25, 0.3) is 5.97 Å². The summed E-state index contributed by atoms with van der Waals surface area (Å²) in [6, 6.07) is -0.502. The number of carboxylic acids is 1. The molecule has 0 unspecified atom stereocenters. The summed E-state index contributed by atoms with van der Waals surface area (Å²) in [5.74, 6) is -0.488. The third kappa shape index (κ3) is 3.44. The van der Waals surface area contributed by atoms with Gasteiger partial charge >= 0.3 is 58.2 Å². The van der Waals surface area contributed by atoms with Gasteiger partial charge < -0.3 is 5.11 Å². The molecule has 0 aliphatic carbocycles. The molecule has 0 spiro atoms. The summed E-state index contributed by atoms with van der Waals surface area (Å²) in [5.41, 5.74) is 0. The maximum atomic E-state index is 10.4. The number of nitrogens with zero attached hydrogens (tertiary/aromatic N) is 1. The Kier molecular flexibility index (Phi) is 6.11. The molecule has 1 heterocycles. The number of carbonyl (C=O) groups is 1. The van der Waals surface area contributed by atoms with E-state index in [0.29, 0.717) is 5.92 Å². The Hall–Kier alpha value is 1.59. The van der Waals surface area contributed by atoms with E-state index in [1.54, 1.807) is 6.42 Å². The van der Waals surface area contributed by atoms with E-state index in [-0.39, 0.29) is 58.2 Å². The van der Waals surface area contributed by atoms with Crippen molar-refractivity contribution in [3.05, 3.63) is 6.42 Å². The summed E-state index contributed by atoms with van der Waals surface area (Å²) in [5, 5.41) is 8.58. The van der Waals surface area contributed by atoms with E-state index in [9.17, 15) is 4.79 Å². The minimum Gasteiger partial charge on any atom is -0.482 e. The van der Waals surface area contributed by atoms with Crippen molar-refractivity contribution in [1.82, 2.24) is 4.31 Å². The molecule has 0 aromatic carbocycles. The molecule has 1 fully saturated rings. The summed E-state index contributed by atoms with van der Waals surface area (Å²) in [4.78, 5) is 10.4. The molecule has 0 aromatic heterocycles. The summed E-state index contributed by atoms with van der Waals surface area (Å²) < 4.78 is 1.53. The van der Waals surface area contributed by atoms with Gasteiger partial charge in [-0.05, 0) is 12.6 Å². The molecule has 3 nitrogen and oxygen atoms in total. The van der Waals surface area contributed by atoms with Crippen LogP contribution in [-0.2, 0) is 4.79 Å². The third-order valence-corrected chi connectivity index (χ3v) is 1.97. The van der Waals surface area contributed by atoms with E-state index < -0.39 is 12.0 Å². The van der Waals surface area contributed by atoms with Crippen molar-refractivity contribution in [3.63, 3.8) is 0 Å². The first kappa shape index (κ1) is 12.6. The second-order valence-electron chi connectivity index (χ2n) is 2.57. The van der Waals surface area contributed by atoms with Gasteiger partial charge in [0.1, 0.15) is 0 Å².